The Morgan fingerprint density at radius 3 is 2.10 bits per heavy atom. The Kier molecular flexibility index (Phi) is 19.9. The molecule has 0 radical (unpaired) electrons. The number of hydrogen-bond acceptors (Lipinski definition) is 2. The van der Waals surface area contributed by atoms with Crippen molar-refractivity contribution >= 4 is 58.0 Å². The number of thiocarbonyl (C=S) groups is 1. The molecular formula is C22H38Cl3N3OS. The molecule has 1 aliphatic carbocycles. The third kappa shape index (κ3) is 15.1. The van der Waals surface area contributed by atoms with Gasteiger partial charge in [-0.2, -0.15) is 0 Å². The van der Waals surface area contributed by atoms with Crippen LogP contribution >= 0.6 is 47.0 Å². The summed E-state index contributed by atoms with van der Waals surface area (Å²) in [6, 6.07) is 0.315. The molecule has 4 nitrogen and oxygen atoms in total. The quantitative estimate of drug-likeness (QED) is 0.150. The molecule has 0 aromatic heterocycles. The van der Waals surface area contributed by atoms with E-state index in [0.717, 1.165) is 18.4 Å². The molecule has 0 aromatic rings. The topological polar surface area (TPSA) is 53.2 Å². The van der Waals surface area contributed by atoms with Crippen molar-refractivity contribution in [3.8, 4) is 0 Å². The van der Waals surface area contributed by atoms with E-state index < -0.39 is 9.96 Å². The fourth-order valence-corrected chi connectivity index (χ4v) is 3.31. The van der Waals surface area contributed by atoms with Crippen molar-refractivity contribution in [1.29, 1.82) is 0 Å². The lowest BCUT2D eigenvalue weighted by molar-refractivity contribution is -0.121. The van der Waals surface area contributed by atoms with Crippen molar-refractivity contribution in [2.24, 2.45) is 0 Å². The predicted molar refractivity (Wildman–Crippen MR) is 138 cm³/mol. The van der Waals surface area contributed by atoms with Crippen molar-refractivity contribution in [2.75, 3.05) is 0 Å². The second-order valence-electron chi connectivity index (χ2n) is 6.18. The van der Waals surface area contributed by atoms with Gasteiger partial charge in [0.2, 0.25) is 9.70 Å². The van der Waals surface area contributed by atoms with Gasteiger partial charge in [0.05, 0.1) is 0 Å². The van der Waals surface area contributed by atoms with Gasteiger partial charge < -0.3 is 16.0 Å². The van der Waals surface area contributed by atoms with Crippen LogP contribution in [-0.2, 0) is 4.79 Å². The van der Waals surface area contributed by atoms with E-state index in [1.807, 2.05) is 27.7 Å². The summed E-state index contributed by atoms with van der Waals surface area (Å²) < 4.78 is -1.74. The fraction of sp³-hybridized carbons (Fsp3) is 0.636. The summed E-state index contributed by atoms with van der Waals surface area (Å²) in [6.07, 6.45) is 10.7. The van der Waals surface area contributed by atoms with Crippen LogP contribution in [0.1, 0.15) is 72.6 Å². The zero-order chi connectivity index (χ0) is 23.6. The Balaban J connectivity index is 0. The van der Waals surface area contributed by atoms with Crippen LogP contribution in [0.15, 0.2) is 37.0 Å². The monoisotopic (exact) mass is 497 g/mol. The number of carbonyl (C=O) groups is 1. The second kappa shape index (κ2) is 19.0. The molecule has 0 aromatic carbocycles. The van der Waals surface area contributed by atoms with Crippen LogP contribution in [0.4, 0.5) is 0 Å². The van der Waals surface area contributed by atoms with Gasteiger partial charge in [-0.25, -0.2) is 0 Å². The van der Waals surface area contributed by atoms with Crippen molar-refractivity contribution < 1.29 is 4.79 Å². The van der Waals surface area contributed by atoms with E-state index in [1.165, 1.54) is 19.3 Å². The van der Waals surface area contributed by atoms with Crippen LogP contribution in [0.2, 0.25) is 0 Å². The van der Waals surface area contributed by atoms with E-state index in [2.05, 4.69) is 29.1 Å². The first kappa shape index (κ1) is 31.4. The minimum absolute atomic E-state index is 0.230. The first-order chi connectivity index (χ1) is 14.3. The number of amides is 1. The highest BCUT2D eigenvalue weighted by atomic mass is 35.6. The zero-order valence-corrected chi connectivity index (χ0v) is 21.8. The molecule has 1 fully saturated rings. The van der Waals surface area contributed by atoms with E-state index in [-0.39, 0.29) is 12.3 Å². The molecule has 8 heteroatoms. The minimum Gasteiger partial charge on any atom is -0.360 e. The summed E-state index contributed by atoms with van der Waals surface area (Å²) in [7, 11) is 0. The van der Waals surface area contributed by atoms with Gasteiger partial charge in [-0.1, -0.05) is 113 Å². The molecule has 0 spiro atoms. The SMILES string of the molecule is C=C/C=C(\C=C)CCC(=O)NC(NC(=S)NC1CCCCC1)C(Cl)(Cl)Cl.CC.CC. The number of alkyl halides is 3. The maximum absolute atomic E-state index is 12.2. The average Bonchev–Trinajstić information content (AvgIpc) is 2.73. The molecule has 1 aliphatic rings. The lowest BCUT2D eigenvalue weighted by Gasteiger charge is -2.30. The van der Waals surface area contributed by atoms with Crippen LogP contribution in [0.3, 0.4) is 0 Å². The van der Waals surface area contributed by atoms with Crippen molar-refractivity contribution in [3.05, 3.63) is 37.0 Å². The first-order valence-corrected chi connectivity index (χ1v) is 12.2. The van der Waals surface area contributed by atoms with Crippen LogP contribution in [-0.4, -0.2) is 27.0 Å². The lowest BCUT2D eigenvalue weighted by Crippen LogP contribution is -2.58. The molecule has 1 saturated carbocycles. The number of allylic oxidation sites excluding steroid dienone is 4. The third-order valence-electron chi connectivity index (χ3n) is 4.08. The van der Waals surface area contributed by atoms with Crippen molar-refractivity contribution in [1.82, 2.24) is 16.0 Å². The summed E-state index contributed by atoms with van der Waals surface area (Å²) in [6.45, 7) is 15.3. The Labute approximate surface area is 203 Å². The van der Waals surface area contributed by atoms with E-state index in [9.17, 15) is 4.79 Å². The maximum Gasteiger partial charge on any atom is 0.228 e. The van der Waals surface area contributed by atoms with E-state index in [0.29, 0.717) is 17.6 Å². The number of halogens is 3. The van der Waals surface area contributed by atoms with Gasteiger partial charge in [-0.15, -0.1) is 0 Å². The molecule has 1 amide bonds. The number of carbonyl (C=O) groups excluding carboxylic acids is 1. The van der Waals surface area contributed by atoms with Gasteiger partial charge >= 0.3 is 0 Å². The summed E-state index contributed by atoms with van der Waals surface area (Å²) in [4.78, 5) is 12.2. The number of hydrogen-bond donors (Lipinski definition) is 3. The van der Waals surface area contributed by atoms with Crippen molar-refractivity contribution in [2.45, 2.75) is 88.6 Å². The summed E-state index contributed by atoms with van der Waals surface area (Å²) in [5.41, 5.74) is 0.906. The van der Waals surface area contributed by atoms with Gasteiger partial charge in [0, 0.05) is 12.5 Å². The molecule has 1 atom stereocenters. The Bertz CT molecular complexity index is 542. The molecule has 0 heterocycles. The largest absolute Gasteiger partial charge is 0.360 e. The molecule has 0 saturated heterocycles. The normalized spacial score (nSPS) is 15.2. The van der Waals surface area contributed by atoms with Crippen LogP contribution in [0.5, 0.6) is 0 Å². The molecule has 0 aliphatic heterocycles. The summed E-state index contributed by atoms with van der Waals surface area (Å²) in [5.74, 6) is -0.258. The van der Waals surface area contributed by atoms with Gasteiger partial charge in [-0.3, -0.25) is 4.79 Å². The average molecular weight is 499 g/mol. The first-order valence-electron chi connectivity index (χ1n) is 10.6. The van der Waals surface area contributed by atoms with Gasteiger partial charge in [0.1, 0.15) is 6.17 Å². The molecule has 0 bridgehead atoms. The highest BCUT2D eigenvalue weighted by molar-refractivity contribution is 7.80. The molecule has 174 valence electrons. The van der Waals surface area contributed by atoms with E-state index in [4.69, 9.17) is 47.0 Å². The molecule has 1 rings (SSSR count). The standard InChI is InChI=1S/C18H26Cl3N3OS.2C2H6/c1-3-8-13(4-2)11-12-15(25)23-16(18(19,20)21)24-17(26)22-14-9-6-5-7-10-14;2*1-2/h3-4,8,14,16H,1-2,5-7,9-12H2,(H,23,25)(H2,22,24,26);2*1-2H3/b13-8+;;. The van der Waals surface area contributed by atoms with Gasteiger partial charge in [0.15, 0.2) is 5.11 Å². The van der Waals surface area contributed by atoms with Gasteiger partial charge in [-0.05, 0) is 37.1 Å². The van der Waals surface area contributed by atoms with E-state index >= 15 is 0 Å². The Hall–Kier alpha value is -0.750. The Morgan fingerprint density at radius 1 is 1.07 bits per heavy atom. The zero-order valence-electron chi connectivity index (χ0n) is 18.7. The number of nitrogens with one attached hydrogen (secondary N) is 3. The van der Waals surface area contributed by atoms with Gasteiger partial charge in [0.25, 0.3) is 0 Å². The predicted octanol–water partition coefficient (Wildman–Crippen LogP) is 6.73. The maximum atomic E-state index is 12.2. The van der Waals surface area contributed by atoms with Crippen LogP contribution in [0, 0.1) is 0 Å². The minimum atomic E-state index is -1.74. The third-order valence-corrected chi connectivity index (χ3v) is 4.97. The van der Waals surface area contributed by atoms with Crippen LogP contribution < -0.4 is 16.0 Å². The second-order valence-corrected chi connectivity index (χ2v) is 8.95. The van der Waals surface area contributed by atoms with Crippen molar-refractivity contribution in [3.63, 3.8) is 0 Å². The summed E-state index contributed by atoms with van der Waals surface area (Å²) >= 11 is 23.3. The molecule has 30 heavy (non-hydrogen) atoms. The molecule has 3 N–H and O–H groups in total. The lowest BCUT2D eigenvalue weighted by atomic mass is 9.96. The Morgan fingerprint density at radius 2 is 1.63 bits per heavy atom. The molecule has 1 unspecified atom stereocenters. The highest BCUT2D eigenvalue weighted by Crippen LogP contribution is 2.29. The smallest absolute Gasteiger partial charge is 0.228 e. The molecular weight excluding hydrogens is 461 g/mol. The van der Waals surface area contributed by atoms with Crippen LogP contribution in [0.25, 0.3) is 0 Å². The fourth-order valence-electron chi connectivity index (χ4n) is 2.70. The summed E-state index contributed by atoms with van der Waals surface area (Å²) in [5, 5.41) is 9.19. The highest BCUT2D eigenvalue weighted by Gasteiger charge is 2.34. The van der Waals surface area contributed by atoms with E-state index in [1.54, 1.807) is 18.2 Å². The number of rotatable bonds is 8.